The smallest absolute Gasteiger partial charge is 0.159 e. The maximum absolute atomic E-state index is 11.3. The lowest BCUT2D eigenvalue weighted by molar-refractivity contribution is 0.101. The van der Waals surface area contributed by atoms with Crippen LogP contribution in [-0.2, 0) is 11.3 Å². The highest BCUT2D eigenvalue weighted by atomic mass is 32.2. The van der Waals surface area contributed by atoms with Crippen LogP contribution in [0.25, 0.3) is 0 Å². The van der Waals surface area contributed by atoms with E-state index in [0.717, 1.165) is 10.5 Å². The summed E-state index contributed by atoms with van der Waals surface area (Å²) in [4.78, 5) is 12.3. The van der Waals surface area contributed by atoms with Gasteiger partial charge in [-0.1, -0.05) is 54.2 Å². The molecule has 98 valence electrons. The standard InChI is InChI=1S/C16H16O2S/c1-13(17)15-8-5-9-16(10-15)19-12-18-11-14-6-3-2-4-7-14/h2-10H,11-12H2,1H3. The summed E-state index contributed by atoms with van der Waals surface area (Å²) in [7, 11) is 0. The summed E-state index contributed by atoms with van der Waals surface area (Å²) in [5, 5.41) is 0. The number of carbonyl (C=O) groups is 1. The van der Waals surface area contributed by atoms with Crippen molar-refractivity contribution in [1.29, 1.82) is 0 Å². The second-order valence-electron chi connectivity index (χ2n) is 4.18. The third kappa shape index (κ3) is 4.54. The molecule has 2 nitrogen and oxygen atoms in total. The number of hydrogen-bond acceptors (Lipinski definition) is 3. The Bertz CT molecular complexity index is 537. The molecule has 2 aromatic rings. The van der Waals surface area contributed by atoms with E-state index in [9.17, 15) is 4.79 Å². The number of rotatable bonds is 6. The molecule has 0 N–H and O–H groups in total. The van der Waals surface area contributed by atoms with Crippen molar-refractivity contribution in [3.63, 3.8) is 0 Å². The molecule has 2 rings (SSSR count). The Labute approximate surface area is 117 Å². The van der Waals surface area contributed by atoms with Gasteiger partial charge in [-0.3, -0.25) is 4.79 Å². The van der Waals surface area contributed by atoms with Crippen LogP contribution in [0.15, 0.2) is 59.5 Å². The number of benzene rings is 2. The van der Waals surface area contributed by atoms with Crippen molar-refractivity contribution in [2.45, 2.75) is 18.4 Å². The Morgan fingerprint density at radius 2 is 1.89 bits per heavy atom. The zero-order valence-electron chi connectivity index (χ0n) is 10.8. The Morgan fingerprint density at radius 3 is 2.63 bits per heavy atom. The molecule has 0 fully saturated rings. The van der Waals surface area contributed by atoms with E-state index in [1.54, 1.807) is 18.7 Å². The van der Waals surface area contributed by atoms with Gasteiger partial charge in [0.05, 0.1) is 12.5 Å². The molecule has 0 saturated heterocycles. The first-order valence-corrected chi connectivity index (χ1v) is 7.10. The quantitative estimate of drug-likeness (QED) is 0.342. The van der Waals surface area contributed by atoms with Crippen LogP contribution < -0.4 is 0 Å². The van der Waals surface area contributed by atoms with E-state index in [2.05, 4.69) is 0 Å². The van der Waals surface area contributed by atoms with Crippen LogP contribution in [-0.4, -0.2) is 11.7 Å². The summed E-state index contributed by atoms with van der Waals surface area (Å²) in [6, 6.07) is 17.7. The molecule has 0 aromatic heterocycles. The lowest BCUT2D eigenvalue weighted by atomic mass is 10.2. The first kappa shape index (κ1) is 13.8. The van der Waals surface area contributed by atoms with Crippen LogP contribution in [0.5, 0.6) is 0 Å². The first-order valence-electron chi connectivity index (χ1n) is 6.11. The van der Waals surface area contributed by atoms with Gasteiger partial charge in [-0.05, 0) is 24.6 Å². The monoisotopic (exact) mass is 272 g/mol. The number of ether oxygens (including phenoxy) is 1. The third-order valence-electron chi connectivity index (χ3n) is 2.66. The molecule has 0 heterocycles. The zero-order valence-corrected chi connectivity index (χ0v) is 11.7. The predicted octanol–water partition coefficient (Wildman–Crippen LogP) is 4.16. The molecule has 0 amide bonds. The lowest BCUT2D eigenvalue weighted by Gasteiger charge is -2.05. The number of carbonyl (C=O) groups excluding carboxylic acids is 1. The predicted molar refractivity (Wildman–Crippen MR) is 78.4 cm³/mol. The van der Waals surface area contributed by atoms with E-state index in [0.29, 0.717) is 12.5 Å². The van der Waals surface area contributed by atoms with Crippen molar-refractivity contribution in [3.8, 4) is 0 Å². The minimum atomic E-state index is 0.0904. The van der Waals surface area contributed by atoms with Gasteiger partial charge in [0.15, 0.2) is 5.78 Å². The summed E-state index contributed by atoms with van der Waals surface area (Å²) < 4.78 is 5.60. The van der Waals surface area contributed by atoms with Crippen LogP contribution in [0.2, 0.25) is 0 Å². The summed E-state index contributed by atoms with van der Waals surface area (Å²) >= 11 is 1.60. The van der Waals surface area contributed by atoms with Crippen molar-refractivity contribution < 1.29 is 9.53 Å². The lowest BCUT2D eigenvalue weighted by Crippen LogP contribution is -1.93. The van der Waals surface area contributed by atoms with E-state index < -0.39 is 0 Å². The average Bonchev–Trinajstić information content (AvgIpc) is 2.45. The van der Waals surface area contributed by atoms with E-state index >= 15 is 0 Å². The zero-order chi connectivity index (χ0) is 13.5. The highest BCUT2D eigenvalue weighted by molar-refractivity contribution is 7.99. The molecule has 0 radical (unpaired) electrons. The normalized spacial score (nSPS) is 10.4. The molecule has 0 aliphatic rings. The van der Waals surface area contributed by atoms with Crippen molar-refractivity contribution in [1.82, 2.24) is 0 Å². The Hall–Kier alpha value is -1.58. The molecule has 0 spiro atoms. The molecule has 0 saturated carbocycles. The Kier molecular flexibility index (Phi) is 5.19. The van der Waals surface area contributed by atoms with Crippen molar-refractivity contribution in [2.75, 3.05) is 5.94 Å². The van der Waals surface area contributed by atoms with Crippen molar-refractivity contribution in [2.24, 2.45) is 0 Å². The number of ketones is 1. The SMILES string of the molecule is CC(=O)c1cccc(SCOCc2ccccc2)c1. The van der Waals surface area contributed by atoms with Gasteiger partial charge in [-0.15, -0.1) is 0 Å². The van der Waals surface area contributed by atoms with E-state index in [1.807, 2.05) is 54.6 Å². The average molecular weight is 272 g/mol. The topological polar surface area (TPSA) is 26.3 Å². The second kappa shape index (κ2) is 7.12. The molecular formula is C16H16O2S. The fourth-order valence-corrected chi connectivity index (χ4v) is 2.34. The molecule has 19 heavy (non-hydrogen) atoms. The molecule has 0 atom stereocenters. The third-order valence-corrected chi connectivity index (χ3v) is 3.53. The van der Waals surface area contributed by atoms with Gasteiger partial charge in [-0.2, -0.15) is 0 Å². The van der Waals surface area contributed by atoms with E-state index in [-0.39, 0.29) is 5.78 Å². The molecule has 0 bridgehead atoms. The summed E-state index contributed by atoms with van der Waals surface area (Å²) in [5.41, 5.74) is 1.91. The van der Waals surface area contributed by atoms with Crippen molar-refractivity contribution >= 4 is 17.5 Å². The minimum absolute atomic E-state index is 0.0904. The van der Waals surface area contributed by atoms with Gasteiger partial charge in [-0.25, -0.2) is 0 Å². The fraction of sp³-hybridized carbons (Fsp3) is 0.188. The molecule has 0 aliphatic carbocycles. The highest BCUT2D eigenvalue weighted by Gasteiger charge is 2.01. The van der Waals surface area contributed by atoms with Crippen LogP contribution in [0, 0.1) is 0 Å². The van der Waals surface area contributed by atoms with Crippen LogP contribution in [0.4, 0.5) is 0 Å². The molecular weight excluding hydrogens is 256 g/mol. The maximum atomic E-state index is 11.3. The van der Waals surface area contributed by atoms with Gasteiger partial charge in [0.25, 0.3) is 0 Å². The van der Waals surface area contributed by atoms with Gasteiger partial charge in [0.2, 0.25) is 0 Å². The molecule has 3 heteroatoms. The van der Waals surface area contributed by atoms with Gasteiger partial charge in [0, 0.05) is 10.5 Å². The number of thioether (sulfide) groups is 1. The van der Waals surface area contributed by atoms with E-state index in [1.165, 1.54) is 5.56 Å². The van der Waals surface area contributed by atoms with E-state index in [4.69, 9.17) is 4.74 Å². The largest absolute Gasteiger partial charge is 0.366 e. The van der Waals surface area contributed by atoms with Gasteiger partial charge in [0.1, 0.15) is 0 Å². The van der Waals surface area contributed by atoms with Gasteiger partial charge >= 0.3 is 0 Å². The maximum Gasteiger partial charge on any atom is 0.159 e. The highest BCUT2D eigenvalue weighted by Crippen LogP contribution is 2.20. The van der Waals surface area contributed by atoms with Crippen molar-refractivity contribution in [3.05, 3.63) is 65.7 Å². The molecule has 0 aliphatic heterocycles. The summed E-state index contributed by atoms with van der Waals surface area (Å²) in [6.45, 7) is 2.19. The van der Waals surface area contributed by atoms with Crippen LogP contribution in [0.1, 0.15) is 22.8 Å². The van der Waals surface area contributed by atoms with Crippen LogP contribution >= 0.6 is 11.8 Å². The molecule has 2 aromatic carbocycles. The number of hydrogen-bond donors (Lipinski definition) is 0. The summed E-state index contributed by atoms with van der Waals surface area (Å²) in [5.74, 6) is 0.670. The Balaban J connectivity index is 1.80. The second-order valence-corrected chi connectivity index (χ2v) is 5.18. The Morgan fingerprint density at radius 1 is 1.11 bits per heavy atom. The molecule has 0 unspecified atom stereocenters. The number of Topliss-reactive ketones (excluding diaryl/α,β-unsaturated/α-hetero) is 1. The van der Waals surface area contributed by atoms with Gasteiger partial charge < -0.3 is 4.74 Å². The fourth-order valence-electron chi connectivity index (χ4n) is 1.65. The first-order chi connectivity index (χ1) is 9.25. The summed E-state index contributed by atoms with van der Waals surface area (Å²) in [6.07, 6.45) is 0. The van der Waals surface area contributed by atoms with Crippen LogP contribution in [0.3, 0.4) is 0 Å². The minimum Gasteiger partial charge on any atom is -0.366 e.